The van der Waals surface area contributed by atoms with Gasteiger partial charge in [0.25, 0.3) is 5.91 Å². The number of para-hydroxylation sites is 1. The minimum Gasteiger partial charge on any atom is -0.508 e. The quantitative estimate of drug-likeness (QED) is 0.786. The van der Waals surface area contributed by atoms with Gasteiger partial charge in [-0.15, -0.1) is 0 Å². The average molecular weight is 291 g/mol. The summed E-state index contributed by atoms with van der Waals surface area (Å²) in [6.07, 6.45) is 6.09. The van der Waals surface area contributed by atoms with Crippen LogP contribution in [0.3, 0.4) is 0 Å². The monoisotopic (exact) mass is 291 g/mol. The standard InChI is InChI=1S/C19H17NO2/c21-18-10-9-12(13-5-1-2-7-15(13)18)11-16-14-6-3-4-8-17(14)20-19(16)22/h3-4,6,8-11,21H,1-2,5,7H2,(H,20,22)/b16-11-. The number of benzene rings is 2. The molecule has 1 aliphatic heterocycles. The van der Waals surface area contributed by atoms with Crippen LogP contribution in [0, 0.1) is 0 Å². The smallest absolute Gasteiger partial charge is 0.256 e. The minimum absolute atomic E-state index is 0.0566. The zero-order chi connectivity index (χ0) is 15.1. The van der Waals surface area contributed by atoms with E-state index in [1.165, 1.54) is 5.56 Å². The van der Waals surface area contributed by atoms with Crippen LogP contribution < -0.4 is 5.32 Å². The molecular formula is C19H17NO2. The number of fused-ring (bicyclic) bond motifs is 2. The van der Waals surface area contributed by atoms with Crippen LogP contribution in [0.15, 0.2) is 36.4 Å². The Hall–Kier alpha value is -2.55. The van der Waals surface area contributed by atoms with Crippen LogP contribution in [0.4, 0.5) is 5.69 Å². The van der Waals surface area contributed by atoms with Crippen molar-refractivity contribution in [1.82, 2.24) is 0 Å². The van der Waals surface area contributed by atoms with Gasteiger partial charge in [-0.05, 0) is 60.6 Å². The molecule has 0 saturated heterocycles. The lowest BCUT2D eigenvalue weighted by Crippen LogP contribution is -2.06. The summed E-state index contributed by atoms with van der Waals surface area (Å²) in [6.45, 7) is 0. The van der Waals surface area contributed by atoms with Gasteiger partial charge in [0.15, 0.2) is 0 Å². The number of phenolic OH excluding ortho intramolecular Hbond substituents is 1. The van der Waals surface area contributed by atoms with Gasteiger partial charge in [-0.2, -0.15) is 0 Å². The fraction of sp³-hybridized carbons (Fsp3) is 0.211. The van der Waals surface area contributed by atoms with E-state index in [2.05, 4.69) is 5.32 Å². The van der Waals surface area contributed by atoms with Gasteiger partial charge in [0.2, 0.25) is 0 Å². The van der Waals surface area contributed by atoms with Crippen molar-refractivity contribution in [1.29, 1.82) is 0 Å². The minimum atomic E-state index is -0.0566. The maximum absolute atomic E-state index is 12.2. The van der Waals surface area contributed by atoms with E-state index in [4.69, 9.17) is 0 Å². The molecule has 2 aromatic carbocycles. The van der Waals surface area contributed by atoms with Crippen molar-refractivity contribution in [3.8, 4) is 5.75 Å². The fourth-order valence-corrected chi connectivity index (χ4v) is 3.45. The van der Waals surface area contributed by atoms with Gasteiger partial charge >= 0.3 is 0 Å². The summed E-state index contributed by atoms with van der Waals surface area (Å²) in [6, 6.07) is 11.4. The van der Waals surface area contributed by atoms with Crippen molar-refractivity contribution in [3.05, 3.63) is 58.7 Å². The molecule has 1 amide bonds. The van der Waals surface area contributed by atoms with E-state index in [1.54, 1.807) is 6.07 Å². The molecule has 0 bridgehead atoms. The zero-order valence-corrected chi connectivity index (χ0v) is 12.2. The van der Waals surface area contributed by atoms with Crippen molar-refractivity contribution >= 4 is 23.2 Å². The average Bonchev–Trinajstić information content (AvgIpc) is 2.86. The molecule has 2 aromatic rings. The lowest BCUT2D eigenvalue weighted by Gasteiger charge is -2.19. The highest BCUT2D eigenvalue weighted by Crippen LogP contribution is 2.36. The molecule has 110 valence electrons. The number of phenols is 1. The van der Waals surface area contributed by atoms with Crippen LogP contribution >= 0.6 is 0 Å². The van der Waals surface area contributed by atoms with Gasteiger partial charge in [-0.3, -0.25) is 4.79 Å². The molecule has 3 nitrogen and oxygen atoms in total. The highest BCUT2D eigenvalue weighted by atomic mass is 16.3. The Labute approximate surface area is 129 Å². The number of nitrogens with one attached hydrogen (secondary N) is 1. The number of hydrogen-bond donors (Lipinski definition) is 2. The van der Waals surface area contributed by atoms with E-state index in [0.717, 1.165) is 48.1 Å². The van der Waals surface area contributed by atoms with E-state index in [1.807, 2.05) is 36.4 Å². The number of amides is 1. The molecule has 1 heterocycles. The molecule has 1 aliphatic carbocycles. The molecule has 0 radical (unpaired) electrons. The first-order chi connectivity index (χ1) is 10.7. The fourth-order valence-electron chi connectivity index (χ4n) is 3.45. The van der Waals surface area contributed by atoms with Crippen molar-refractivity contribution < 1.29 is 9.90 Å². The van der Waals surface area contributed by atoms with Gasteiger partial charge in [0.05, 0.1) is 0 Å². The third-order valence-electron chi connectivity index (χ3n) is 4.56. The van der Waals surface area contributed by atoms with Crippen LogP contribution in [0.1, 0.15) is 35.1 Å². The van der Waals surface area contributed by atoms with E-state index in [9.17, 15) is 9.90 Å². The number of anilines is 1. The lowest BCUT2D eigenvalue weighted by atomic mass is 9.86. The predicted molar refractivity (Wildman–Crippen MR) is 87.7 cm³/mol. The third kappa shape index (κ3) is 2.01. The summed E-state index contributed by atoms with van der Waals surface area (Å²) in [4.78, 5) is 12.2. The lowest BCUT2D eigenvalue weighted by molar-refractivity contribution is -0.110. The number of carbonyl (C=O) groups is 1. The highest BCUT2D eigenvalue weighted by molar-refractivity contribution is 6.34. The molecule has 0 aromatic heterocycles. The molecule has 3 heteroatoms. The summed E-state index contributed by atoms with van der Waals surface area (Å²) in [7, 11) is 0. The van der Waals surface area contributed by atoms with E-state index in [-0.39, 0.29) is 5.91 Å². The Kier molecular flexibility index (Phi) is 3.00. The molecule has 0 spiro atoms. The number of hydrogen-bond acceptors (Lipinski definition) is 2. The molecule has 0 atom stereocenters. The maximum atomic E-state index is 12.2. The molecule has 0 unspecified atom stereocenters. The third-order valence-corrected chi connectivity index (χ3v) is 4.56. The largest absolute Gasteiger partial charge is 0.508 e. The van der Waals surface area contributed by atoms with Crippen LogP contribution in [0.2, 0.25) is 0 Å². The molecule has 22 heavy (non-hydrogen) atoms. The summed E-state index contributed by atoms with van der Waals surface area (Å²) in [5.74, 6) is 0.326. The number of aromatic hydroxyl groups is 1. The molecule has 4 rings (SSSR count). The Bertz CT molecular complexity index is 805. The van der Waals surface area contributed by atoms with Gasteiger partial charge < -0.3 is 10.4 Å². The Balaban J connectivity index is 1.86. The zero-order valence-electron chi connectivity index (χ0n) is 12.2. The second-order valence-electron chi connectivity index (χ2n) is 5.90. The van der Waals surface area contributed by atoms with Gasteiger partial charge in [-0.25, -0.2) is 0 Å². The Morgan fingerprint density at radius 2 is 1.77 bits per heavy atom. The van der Waals surface area contributed by atoms with Crippen LogP contribution in [-0.2, 0) is 17.6 Å². The Morgan fingerprint density at radius 1 is 1.00 bits per heavy atom. The van der Waals surface area contributed by atoms with Crippen molar-refractivity contribution in [2.75, 3.05) is 5.32 Å². The summed E-state index contributed by atoms with van der Waals surface area (Å²) in [5, 5.41) is 13.0. The molecule has 0 fully saturated rings. The van der Waals surface area contributed by atoms with Crippen molar-refractivity contribution in [2.24, 2.45) is 0 Å². The maximum Gasteiger partial charge on any atom is 0.256 e. The molecule has 2 N–H and O–H groups in total. The van der Waals surface area contributed by atoms with E-state index < -0.39 is 0 Å². The molecule has 0 saturated carbocycles. The molecular weight excluding hydrogens is 274 g/mol. The number of carbonyl (C=O) groups excluding carboxylic acids is 1. The first-order valence-corrected chi connectivity index (χ1v) is 7.70. The number of rotatable bonds is 1. The Morgan fingerprint density at radius 3 is 2.64 bits per heavy atom. The van der Waals surface area contributed by atoms with Crippen molar-refractivity contribution in [2.45, 2.75) is 25.7 Å². The van der Waals surface area contributed by atoms with Crippen LogP contribution in [-0.4, -0.2) is 11.0 Å². The second-order valence-corrected chi connectivity index (χ2v) is 5.90. The van der Waals surface area contributed by atoms with Gasteiger partial charge in [0, 0.05) is 16.8 Å². The first-order valence-electron chi connectivity index (χ1n) is 7.70. The van der Waals surface area contributed by atoms with Gasteiger partial charge in [-0.1, -0.05) is 24.3 Å². The SMILES string of the molecule is O=C1Nc2ccccc2/C1=C/c1ccc(O)c2c1CCCC2. The van der Waals surface area contributed by atoms with E-state index in [0.29, 0.717) is 11.3 Å². The summed E-state index contributed by atoms with van der Waals surface area (Å²) in [5.41, 5.74) is 5.81. The topological polar surface area (TPSA) is 49.3 Å². The second kappa shape index (κ2) is 5.02. The predicted octanol–water partition coefficient (Wildman–Crippen LogP) is 3.76. The van der Waals surface area contributed by atoms with Crippen molar-refractivity contribution in [3.63, 3.8) is 0 Å². The summed E-state index contributed by atoms with van der Waals surface area (Å²) >= 11 is 0. The first kappa shape index (κ1) is 13.1. The molecule has 2 aliphatic rings. The summed E-state index contributed by atoms with van der Waals surface area (Å²) < 4.78 is 0. The van der Waals surface area contributed by atoms with Gasteiger partial charge in [0.1, 0.15) is 5.75 Å². The highest BCUT2D eigenvalue weighted by Gasteiger charge is 2.24. The van der Waals surface area contributed by atoms with Crippen LogP contribution in [0.5, 0.6) is 5.75 Å². The van der Waals surface area contributed by atoms with Crippen LogP contribution in [0.25, 0.3) is 11.6 Å². The van der Waals surface area contributed by atoms with E-state index >= 15 is 0 Å². The normalized spacial score (nSPS) is 18.0.